The topological polar surface area (TPSA) is 66.6 Å². The fourth-order valence-corrected chi connectivity index (χ4v) is 2.95. The molecule has 0 amide bonds. The Morgan fingerprint density at radius 3 is 2.53 bits per heavy atom. The van der Waals surface area contributed by atoms with Crippen LogP contribution in [0.15, 0.2) is 18.2 Å². The molecule has 5 nitrogen and oxygen atoms in total. The van der Waals surface area contributed by atoms with Crippen LogP contribution < -0.4 is 4.90 Å². The Bertz CT molecular complexity index is 466. The van der Waals surface area contributed by atoms with Crippen LogP contribution in [-0.2, 0) is 6.61 Å². The molecule has 1 aliphatic heterocycles. The summed E-state index contributed by atoms with van der Waals surface area (Å²) in [6.07, 6.45) is 1.22. The first kappa shape index (κ1) is 13.8. The summed E-state index contributed by atoms with van der Waals surface area (Å²) in [5.74, 6) is 1.24. The number of nitro benzene ring substituents is 1. The van der Waals surface area contributed by atoms with Crippen LogP contribution in [0.4, 0.5) is 11.4 Å². The van der Waals surface area contributed by atoms with Crippen molar-refractivity contribution in [2.24, 2.45) is 11.8 Å². The largest absolute Gasteiger partial charge is 0.391 e. The molecule has 1 fully saturated rings. The van der Waals surface area contributed by atoms with Crippen molar-refractivity contribution in [2.75, 3.05) is 18.0 Å². The molecule has 1 aliphatic rings. The van der Waals surface area contributed by atoms with Crippen molar-refractivity contribution in [1.82, 2.24) is 0 Å². The maximum Gasteiger partial charge on any atom is 0.275 e. The van der Waals surface area contributed by atoms with Crippen LogP contribution in [0.3, 0.4) is 0 Å². The van der Waals surface area contributed by atoms with Gasteiger partial charge in [0.2, 0.25) is 0 Å². The van der Waals surface area contributed by atoms with Gasteiger partial charge in [-0.15, -0.1) is 0 Å². The van der Waals surface area contributed by atoms with Gasteiger partial charge in [0.05, 0.1) is 17.1 Å². The molecular formula is C14H20N2O3. The van der Waals surface area contributed by atoms with Gasteiger partial charge in [-0.1, -0.05) is 13.8 Å². The third-order valence-electron chi connectivity index (χ3n) is 3.66. The molecule has 0 bridgehead atoms. The summed E-state index contributed by atoms with van der Waals surface area (Å²) in [7, 11) is 0. The average molecular weight is 264 g/mol. The van der Waals surface area contributed by atoms with E-state index in [1.54, 1.807) is 12.1 Å². The summed E-state index contributed by atoms with van der Waals surface area (Å²) >= 11 is 0. The standard InChI is InChI=1S/C14H20N2O3/c1-10-5-11(2)8-15(7-10)13-3-4-14(16(18)19)12(6-13)9-17/h3-4,6,10-11,17H,5,7-9H2,1-2H3. The second-order valence-electron chi connectivity index (χ2n) is 5.58. The zero-order chi connectivity index (χ0) is 14.0. The maximum absolute atomic E-state index is 10.9. The van der Waals surface area contributed by atoms with E-state index in [1.165, 1.54) is 12.5 Å². The van der Waals surface area contributed by atoms with E-state index in [0.717, 1.165) is 18.8 Å². The molecule has 0 aliphatic carbocycles. The third kappa shape index (κ3) is 3.04. The quantitative estimate of drug-likeness (QED) is 0.673. The number of piperidine rings is 1. The Morgan fingerprint density at radius 2 is 2.00 bits per heavy atom. The van der Waals surface area contributed by atoms with E-state index in [1.807, 2.05) is 0 Å². The third-order valence-corrected chi connectivity index (χ3v) is 3.66. The predicted molar refractivity (Wildman–Crippen MR) is 74.2 cm³/mol. The second kappa shape index (κ2) is 5.57. The predicted octanol–water partition coefficient (Wildman–Crippen LogP) is 2.57. The van der Waals surface area contributed by atoms with Gasteiger partial charge in [0.15, 0.2) is 0 Å². The average Bonchev–Trinajstić information content (AvgIpc) is 2.36. The molecular weight excluding hydrogens is 244 g/mol. The molecule has 2 unspecified atom stereocenters. The Labute approximate surface area is 113 Å². The van der Waals surface area contributed by atoms with Gasteiger partial charge in [0, 0.05) is 24.8 Å². The summed E-state index contributed by atoms with van der Waals surface area (Å²) in [5, 5.41) is 20.1. The van der Waals surface area contributed by atoms with Crippen molar-refractivity contribution >= 4 is 11.4 Å². The minimum absolute atomic E-state index is 0.00986. The monoisotopic (exact) mass is 264 g/mol. The molecule has 1 heterocycles. The van der Waals surface area contributed by atoms with E-state index >= 15 is 0 Å². The summed E-state index contributed by atoms with van der Waals surface area (Å²) in [4.78, 5) is 12.7. The first-order valence-electron chi connectivity index (χ1n) is 6.64. The lowest BCUT2D eigenvalue weighted by atomic mass is 9.91. The smallest absolute Gasteiger partial charge is 0.275 e. The summed E-state index contributed by atoms with van der Waals surface area (Å²) in [5.41, 5.74) is 1.34. The first-order valence-corrected chi connectivity index (χ1v) is 6.64. The van der Waals surface area contributed by atoms with Crippen molar-refractivity contribution in [2.45, 2.75) is 26.9 Å². The van der Waals surface area contributed by atoms with Gasteiger partial charge in [-0.05, 0) is 30.4 Å². The highest BCUT2D eigenvalue weighted by atomic mass is 16.6. The van der Waals surface area contributed by atoms with Crippen LogP contribution >= 0.6 is 0 Å². The van der Waals surface area contributed by atoms with Crippen molar-refractivity contribution in [3.05, 3.63) is 33.9 Å². The number of aliphatic hydroxyl groups excluding tert-OH is 1. The molecule has 0 spiro atoms. The zero-order valence-electron chi connectivity index (χ0n) is 11.4. The normalized spacial score (nSPS) is 23.4. The van der Waals surface area contributed by atoms with E-state index < -0.39 is 4.92 Å². The molecule has 1 aromatic carbocycles. The molecule has 5 heteroatoms. The highest BCUT2D eigenvalue weighted by Gasteiger charge is 2.23. The SMILES string of the molecule is CC1CC(C)CN(c2ccc([N+](=O)[O-])c(CO)c2)C1. The van der Waals surface area contributed by atoms with Gasteiger partial charge in [0.1, 0.15) is 0 Å². The molecule has 1 saturated heterocycles. The van der Waals surface area contributed by atoms with Gasteiger partial charge in [-0.2, -0.15) is 0 Å². The minimum Gasteiger partial charge on any atom is -0.391 e. The van der Waals surface area contributed by atoms with Crippen LogP contribution in [0.5, 0.6) is 0 Å². The van der Waals surface area contributed by atoms with Crippen molar-refractivity contribution < 1.29 is 10.0 Å². The van der Waals surface area contributed by atoms with Gasteiger partial charge in [-0.25, -0.2) is 0 Å². The lowest BCUT2D eigenvalue weighted by Gasteiger charge is -2.36. The Hall–Kier alpha value is -1.62. The number of anilines is 1. The van der Waals surface area contributed by atoms with Crippen LogP contribution in [0, 0.1) is 22.0 Å². The van der Waals surface area contributed by atoms with E-state index in [9.17, 15) is 15.2 Å². The second-order valence-corrected chi connectivity index (χ2v) is 5.58. The first-order chi connectivity index (χ1) is 9.01. The van der Waals surface area contributed by atoms with Crippen molar-refractivity contribution in [1.29, 1.82) is 0 Å². The number of hydrogen-bond donors (Lipinski definition) is 1. The zero-order valence-corrected chi connectivity index (χ0v) is 11.4. The Morgan fingerprint density at radius 1 is 1.37 bits per heavy atom. The van der Waals surface area contributed by atoms with Gasteiger partial charge < -0.3 is 10.0 Å². The molecule has 104 valence electrons. The number of nitrogens with zero attached hydrogens (tertiary/aromatic N) is 2. The minimum atomic E-state index is -0.448. The number of hydrogen-bond acceptors (Lipinski definition) is 4. The molecule has 1 N–H and O–H groups in total. The molecule has 0 aromatic heterocycles. The molecule has 1 aromatic rings. The van der Waals surface area contributed by atoms with E-state index in [0.29, 0.717) is 17.4 Å². The fourth-order valence-electron chi connectivity index (χ4n) is 2.95. The number of nitro groups is 1. The van der Waals surface area contributed by atoms with E-state index in [-0.39, 0.29) is 12.3 Å². The summed E-state index contributed by atoms with van der Waals surface area (Å²) < 4.78 is 0. The summed E-state index contributed by atoms with van der Waals surface area (Å²) in [6.45, 7) is 6.07. The van der Waals surface area contributed by atoms with Crippen molar-refractivity contribution in [3.63, 3.8) is 0 Å². The van der Waals surface area contributed by atoms with Gasteiger partial charge in [0.25, 0.3) is 5.69 Å². The molecule has 2 rings (SSSR count). The number of benzene rings is 1. The van der Waals surface area contributed by atoms with Crippen LogP contribution in [-0.4, -0.2) is 23.1 Å². The highest BCUT2D eigenvalue weighted by Crippen LogP contribution is 2.29. The highest BCUT2D eigenvalue weighted by molar-refractivity contribution is 5.55. The lowest BCUT2D eigenvalue weighted by molar-refractivity contribution is -0.385. The fraction of sp³-hybridized carbons (Fsp3) is 0.571. The summed E-state index contributed by atoms with van der Waals surface area (Å²) in [6, 6.07) is 5.01. The van der Waals surface area contributed by atoms with Crippen LogP contribution in [0.2, 0.25) is 0 Å². The maximum atomic E-state index is 10.9. The number of rotatable bonds is 3. The number of aliphatic hydroxyl groups is 1. The Kier molecular flexibility index (Phi) is 4.04. The molecule has 0 radical (unpaired) electrons. The van der Waals surface area contributed by atoms with Gasteiger partial charge in [-0.3, -0.25) is 10.1 Å². The van der Waals surface area contributed by atoms with E-state index in [2.05, 4.69) is 18.7 Å². The van der Waals surface area contributed by atoms with Crippen LogP contribution in [0.1, 0.15) is 25.8 Å². The lowest BCUT2D eigenvalue weighted by Crippen LogP contribution is -2.38. The molecule has 2 atom stereocenters. The van der Waals surface area contributed by atoms with Crippen LogP contribution in [0.25, 0.3) is 0 Å². The van der Waals surface area contributed by atoms with Crippen molar-refractivity contribution in [3.8, 4) is 0 Å². The molecule has 19 heavy (non-hydrogen) atoms. The Balaban J connectivity index is 2.27. The van der Waals surface area contributed by atoms with Gasteiger partial charge >= 0.3 is 0 Å². The van der Waals surface area contributed by atoms with E-state index in [4.69, 9.17) is 0 Å². The molecule has 0 saturated carbocycles.